The summed E-state index contributed by atoms with van der Waals surface area (Å²) in [6.45, 7) is 6.44. The highest BCUT2D eigenvalue weighted by molar-refractivity contribution is 7.12. The summed E-state index contributed by atoms with van der Waals surface area (Å²) in [6.07, 6.45) is 3.95. The van der Waals surface area contributed by atoms with Crippen LogP contribution in [0.2, 0.25) is 0 Å². The molecular formula is C18H23NS. The molecule has 0 atom stereocenters. The third-order valence-electron chi connectivity index (χ3n) is 4.07. The Bertz CT molecular complexity index is 544. The Balaban J connectivity index is 1.51. The van der Waals surface area contributed by atoms with Crippen LogP contribution in [0.5, 0.6) is 0 Å². The van der Waals surface area contributed by atoms with Crippen molar-refractivity contribution in [1.29, 1.82) is 0 Å². The largest absolute Gasteiger partial charge is 0.308 e. The fourth-order valence-corrected chi connectivity index (χ4v) is 4.06. The maximum atomic E-state index is 3.57. The van der Waals surface area contributed by atoms with Gasteiger partial charge in [-0.2, -0.15) is 0 Å². The van der Waals surface area contributed by atoms with Gasteiger partial charge in [0.15, 0.2) is 0 Å². The summed E-state index contributed by atoms with van der Waals surface area (Å²) in [5, 5.41) is 3.57. The molecule has 0 saturated heterocycles. The molecule has 3 rings (SSSR count). The van der Waals surface area contributed by atoms with E-state index in [1.165, 1.54) is 35.3 Å². The Morgan fingerprint density at radius 1 is 1.10 bits per heavy atom. The number of benzene rings is 1. The second-order valence-electron chi connectivity index (χ2n) is 6.01. The molecule has 1 aromatic heterocycles. The first-order valence-corrected chi connectivity index (χ1v) is 8.44. The highest BCUT2D eigenvalue weighted by Crippen LogP contribution is 2.30. The van der Waals surface area contributed by atoms with Gasteiger partial charge in [0.2, 0.25) is 0 Å². The average molecular weight is 285 g/mol. The van der Waals surface area contributed by atoms with Crippen LogP contribution in [-0.4, -0.2) is 0 Å². The first-order valence-electron chi connectivity index (χ1n) is 7.62. The van der Waals surface area contributed by atoms with E-state index in [-0.39, 0.29) is 0 Å². The summed E-state index contributed by atoms with van der Waals surface area (Å²) >= 11 is 2.00. The minimum atomic E-state index is 0.616. The quantitative estimate of drug-likeness (QED) is 0.843. The van der Waals surface area contributed by atoms with Crippen molar-refractivity contribution < 1.29 is 0 Å². The molecule has 1 N–H and O–H groups in total. The molecule has 0 spiro atoms. The second-order valence-corrected chi connectivity index (χ2v) is 7.24. The van der Waals surface area contributed by atoms with E-state index in [4.69, 9.17) is 0 Å². The third kappa shape index (κ3) is 3.13. The van der Waals surface area contributed by atoms with Crippen LogP contribution in [0.15, 0.2) is 30.3 Å². The Morgan fingerprint density at radius 2 is 1.90 bits per heavy atom. The van der Waals surface area contributed by atoms with Crippen molar-refractivity contribution in [2.75, 3.05) is 0 Å². The van der Waals surface area contributed by atoms with Crippen LogP contribution in [0.25, 0.3) is 0 Å². The maximum absolute atomic E-state index is 3.57. The van der Waals surface area contributed by atoms with E-state index >= 15 is 0 Å². The van der Waals surface area contributed by atoms with Crippen LogP contribution in [0, 0.1) is 0 Å². The molecule has 0 bridgehead atoms. The first-order chi connectivity index (χ1) is 9.72. The molecule has 0 unspecified atom stereocenters. The second kappa shape index (κ2) is 6.11. The Morgan fingerprint density at radius 3 is 2.60 bits per heavy atom. The highest BCUT2D eigenvalue weighted by Gasteiger charge is 2.14. The number of fused-ring (bicyclic) bond motifs is 1. The molecule has 0 radical (unpaired) electrons. The van der Waals surface area contributed by atoms with Gasteiger partial charge in [0, 0.05) is 22.8 Å². The minimum Gasteiger partial charge on any atom is -0.308 e. The number of nitrogens with one attached hydrogen (secondary N) is 1. The lowest BCUT2D eigenvalue weighted by molar-refractivity contribution is 0.699. The van der Waals surface area contributed by atoms with E-state index in [9.17, 15) is 0 Å². The van der Waals surface area contributed by atoms with Crippen LogP contribution in [0.4, 0.5) is 0 Å². The third-order valence-corrected chi connectivity index (χ3v) is 5.31. The summed E-state index contributed by atoms with van der Waals surface area (Å²) in [4.78, 5) is 3.12. The molecular weight excluding hydrogens is 262 g/mol. The molecule has 0 amide bonds. The van der Waals surface area contributed by atoms with Crippen molar-refractivity contribution in [2.24, 2.45) is 0 Å². The number of hydrogen-bond acceptors (Lipinski definition) is 2. The van der Waals surface area contributed by atoms with Gasteiger partial charge in [-0.15, -0.1) is 11.3 Å². The van der Waals surface area contributed by atoms with Crippen molar-refractivity contribution in [1.82, 2.24) is 5.32 Å². The van der Waals surface area contributed by atoms with Gasteiger partial charge in [0.05, 0.1) is 0 Å². The van der Waals surface area contributed by atoms with Gasteiger partial charge in [0.1, 0.15) is 0 Å². The molecule has 0 fully saturated rings. The van der Waals surface area contributed by atoms with Crippen LogP contribution in [0.3, 0.4) is 0 Å². The van der Waals surface area contributed by atoms with E-state index in [2.05, 4.69) is 49.5 Å². The number of thiophene rings is 1. The van der Waals surface area contributed by atoms with Crippen LogP contribution in [-0.2, 0) is 25.9 Å². The van der Waals surface area contributed by atoms with Gasteiger partial charge >= 0.3 is 0 Å². The van der Waals surface area contributed by atoms with E-state index in [0.717, 1.165) is 13.1 Å². The highest BCUT2D eigenvalue weighted by atomic mass is 32.1. The van der Waals surface area contributed by atoms with Crippen molar-refractivity contribution in [2.45, 2.75) is 52.1 Å². The van der Waals surface area contributed by atoms with Gasteiger partial charge < -0.3 is 5.32 Å². The van der Waals surface area contributed by atoms with Gasteiger partial charge in [-0.05, 0) is 47.9 Å². The van der Waals surface area contributed by atoms with Crippen LogP contribution in [0.1, 0.15) is 52.6 Å². The SMILES string of the molecule is CC(C)c1ccc(CNCc2cc3c(s2)CCC3)cc1. The summed E-state index contributed by atoms with van der Waals surface area (Å²) in [5.41, 5.74) is 4.40. The first kappa shape index (κ1) is 13.8. The molecule has 1 aliphatic rings. The van der Waals surface area contributed by atoms with E-state index < -0.39 is 0 Å². The van der Waals surface area contributed by atoms with Crippen molar-refractivity contribution in [3.8, 4) is 0 Å². The van der Waals surface area contributed by atoms with Gasteiger partial charge in [-0.3, -0.25) is 0 Å². The molecule has 1 aromatic carbocycles. The Hall–Kier alpha value is -1.12. The number of hydrogen-bond donors (Lipinski definition) is 1. The standard InChI is InChI=1S/C18H23NS/c1-13(2)15-8-6-14(7-9-15)11-19-12-17-10-16-4-3-5-18(16)20-17/h6-10,13,19H,3-5,11-12H2,1-2H3. The topological polar surface area (TPSA) is 12.0 Å². The fraction of sp³-hybridized carbons (Fsp3) is 0.444. The Kier molecular flexibility index (Phi) is 4.23. The van der Waals surface area contributed by atoms with E-state index in [0.29, 0.717) is 5.92 Å². The molecule has 0 saturated carbocycles. The monoisotopic (exact) mass is 285 g/mol. The average Bonchev–Trinajstić information content (AvgIpc) is 3.00. The summed E-state index contributed by atoms with van der Waals surface area (Å²) in [6, 6.07) is 11.4. The number of rotatable bonds is 5. The van der Waals surface area contributed by atoms with Gasteiger partial charge in [-0.25, -0.2) is 0 Å². The summed E-state index contributed by atoms with van der Waals surface area (Å²) in [7, 11) is 0. The molecule has 1 nitrogen and oxygen atoms in total. The van der Waals surface area contributed by atoms with Crippen molar-refractivity contribution >= 4 is 11.3 Å². The van der Waals surface area contributed by atoms with Crippen LogP contribution >= 0.6 is 11.3 Å². The molecule has 2 heteroatoms. The fourth-order valence-electron chi connectivity index (χ4n) is 2.83. The van der Waals surface area contributed by atoms with Crippen molar-refractivity contribution in [3.05, 3.63) is 56.8 Å². The molecule has 20 heavy (non-hydrogen) atoms. The molecule has 2 aromatic rings. The predicted octanol–water partition coefficient (Wildman–Crippen LogP) is 4.65. The molecule has 1 heterocycles. The maximum Gasteiger partial charge on any atom is 0.0303 e. The molecule has 1 aliphatic carbocycles. The lowest BCUT2D eigenvalue weighted by Gasteiger charge is -2.07. The van der Waals surface area contributed by atoms with E-state index in [1.807, 2.05) is 11.3 Å². The van der Waals surface area contributed by atoms with Crippen LogP contribution < -0.4 is 5.32 Å². The Labute approximate surface area is 126 Å². The molecule has 106 valence electrons. The van der Waals surface area contributed by atoms with Crippen molar-refractivity contribution in [3.63, 3.8) is 0 Å². The van der Waals surface area contributed by atoms with Gasteiger partial charge in [-0.1, -0.05) is 38.1 Å². The zero-order valence-electron chi connectivity index (χ0n) is 12.4. The lowest BCUT2D eigenvalue weighted by atomic mass is 10.0. The number of aryl methyl sites for hydroxylation is 2. The lowest BCUT2D eigenvalue weighted by Crippen LogP contribution is -2.11. The predicted molar refractivity (Wildman–Crippen MR) is 87.4 cm³/mol. The van der Waals surface area contributed by atoms with Gasteiger partial charge in [0.25, 0.3) is 0 Å². The zero-order chi connectivity index (χ0) is 13.9. The zero-order valence-corrected chi connectivity index (χ0v) is 13.2. The van der Waals surface area contributed by atoms with E-state index in [1.54, 1.807) is 10.4 Å². The summed E-state index contributed by atoms with van der Waals surface area (Å²) in [5.74, 6) is 0.616. The summed E-state index contributed by atoms with van der Waals surface area (Å²) < 4.78 is 0. The smallest absolute Gasteiger partial charge is 0.0303 e. The molecule has 0 aliphatic heterocycles. The normalized spacial score (nSPS) is 13.9. The minimum absolute atomic E-state index is 0.616.